The molecular formula is C15H19N3O. The van der Waals surface area contributed by atoms with Crippen molar-refractivity contribution in [3.63, 3.8) is 0 Å². The predicted octanol–water partition coefficient (Wildman–Crippen LogP) is 3.66. The monoisotopic (exact) mass is 257 g/mol. The van der Waals surface area contributed by atoms with Crippen LogP contribution in [0.2, 0.25) is 0 Å². The minimum absolute atomic E-state index is 0.753. The van der Waals surface area contributed by atoms with Crippen LogP contribution < -0.4 is 15.4 Å². The summed E-state index contributed by atoms with van der Waals surface area (Å²) in [5.41, 5.74) is 2.03. The topological polar surface area (TPSA) is 46.2 Å². The molecule has 1 aromatic heterocycles. The van der Waals surface area contributed by atoms with Crippen LogP contribution in [0.3, 0.4) is 0 Å². The Bertz CT molecular complexity index is 511. The van der Waals surface area contributed by atoms with Crippen LogP contribution in [-0.2, 0) is 0 Å². The third-order valence-corrected chi connectivity index (χ3v) is 2.63. The second-order valence-electron chi connectivity index (χ2n) is 4.18. The Morgan fingerprint density at radius 1 is 1.11 bits per heavy atom. The Balaban J connectivity index is 2.02. The Morgan fingerprint density at radius 2 is 1.89 bits per heavy atom. The molecule has 4 nitrogen and oxygen atoms in total. The van der Waals surface area contributed by atoms with E-state index >= 15 is 0 Å². The van der Waals surface area contributed by atoms with Crippen LogP contribution in [0.25, 0.3) is 0 Å². The highest BCUT2D eigenvalue weighted by Gasteiger charge is 1.98. The fraction of sp³-hybridized carbons (Fsp3) is 0.267. The lowest BCUT2D eigenvalue weighted by Crippen LogP contribution is -1.96. The van der Waals surface area contributed by atoms with Gasteiger partial charge in [0.25, 0.3) is 0 Å². The largest absolute Gasteiger partial charge is 0.494 e. The fourth-order valence-electron chi connectivity index (χ4n) is 1.67. The number of hydrogen-bond donors (Lipinski definition) is 2. The van der Waals surface area contributed by atoms with Gasteiger partial charge in [-0.25, -0.2) is 4.98 Å². The Kier molecular flexibility index (Phi) is 4.61. The summed E-state index contributed by atoms with van der Waals surface area (Å²) in [7, 11) is 1.85. The van der Waals surface area contributed by atoms with Gasteiger partial charge >= 0.3 is 0 Å². The first-order valence-corrected chi connectivity index (χ1v) is 6.45. The van der Waals surface area contributed by atoms with Crippen molar-refractivity contribution in [2.45, 2.75) is 13.3 Å². The summed E-state index contributed by atoms with van der Waals surface area (Å²) in [6.07, 6.45) is 2.79. The Labute approximate surface area is 113 Å². The molecule has 0 radical (unpaired) electrons. The maximum Gasteiger partial charge on any atom is 0.127 e. The lowest BCUT2D eigenvalue weighted by atomic mass is 10.3. The molecule has 0 bridgehead atoms. The van der Waals surface area contributed by atoms with E-state index < -0.39 is 0 Å². The van der Waals surface area contributed by atoms with Gasteiger partial charge in [0.15, 0.2) is 0 Å². The number of nitrogens with one attached hydrogen (secondary N) is 2. The van der Waals surface area contributed by atoms with E-state index in [1.165, 1.54) is 0 Å². The summed E-state index contributed by atoms with van der Waals surface area (Å²) >= 11 is 0. The van der Waals surface area contributed by atoms with E-state index in [0.29, 0.717) is 0 Å². The molecule has 0 fully saturated rings. The molecule has 0 atom stereocenters. The van der Waals surface area contributed by atoms with E-state index in [0.717, 1.165) is 36.0 Å². The van der Waals surface area contributed by atoms with Gasteiger partial charge in [-0.05, 0) is 36.8 Å². The van der Waals surface area contributed by atoms with Crippen molar-refractivity contribution in [1.82, 2.24) is 4.98 Å². The molecule has 0 unspecified atom stereocenters. The maximum absolute atomic E-state index is 5.55. The normalized spacial score (nSPS) is 10.0. The van der Waals surface area contributed by atoms with Crippen LogP contribution in [0.4, 0.5) is 17.2 Å². The number of hydrogen-bond acceptors (Lipinski definition) is 4. The highest BCUT2D eigenvalue weighted by molar-refractivity contribution is 5.62. The van der Waals surface area contributed by atoms with Crippen molar-refractivity contribution in [2.75, 3.05) is 24.3 Å². The third kappa shape index (κ3) is 3.88. The standard InChI is InChI=1S/C15H19N3O/c1-3-10-19-14-6-4-12(5-7-14)18-13-8-9-17-15(11-13)16-2/h4-9,11H,3,10H2,1-2H3,(H2,16,17,18). The van der Waals surface area contributed by atoms with Gasteiger partial charge in [0, 0.05) is 30.7 Å². The Hall–Kier alpha value is -2.23. The lowest BCUT2D eigenvalue weighted by molar-refractivity contribution is 0.317. The third-order valence-electron chi connectivity index (χ3n) is 2.63. The summed E-state index contributed by atoms with van der Waals surface area (Å²) in [5.74, 6) is 1.74. The van der Waals surface area contributed by atoms with Crippen LogP contribution in [0.1, 0.15) is 13.3 Å². The molecule has 0 saturated carbocycles. The molecule has 0 spiro atoms. The molecule has 0 aliphatic carbocycles. The Morgan fingerprint density at radius 3 is 2.58 bits per heavy atom. The van der Waals surface area contributed by atoms with Gasteiger partial charge in [0.2, 0.25) is 0 Å². The summed E-state index contributed by atoms with van der Waals surface area (Å²) in [6.45, 7) is 2.85. The molecule has 0 amide bonds. The van der Waals surface area contributed by atoms with E-state index in [4.69, 9.17) is 4.74 Å². The highest BCUT2D eigenvalue weighted by Crippen LogP contribution is 2.21. The first-order valence-electron chi connectivity index (χ1n) is 6.45. The van der Waals surface area contributed by atoms with Gasteiger partial charge in [-0.2, -0.15) is 0 Å². The zero-order valence-electron chi connectivity index (χ0n) is 11.3. The van der Waals surface area contributed by atoms with Gasteiger partial charge in [0.05, 0.1) is 6.61 Å². The highest BCUT2D eigenvalue weighted by atomic mass is 16.5. The number of nitrogens with zero attached hydrogens (tertiary/aromatic N) is 1. The number of rotatable bonds is 6. The maximum atomic E-state index is 5.55. The SMILES string of the molecule is CCCOc1ccc(Nc2ccnc(NC)c2)cc1. The molecule has 2 rings (SSSR count). The minimum atomic E-state index is 0.753. The minimum Gasteiger partial charge on any atom is -0.494 e. The van der Waals surface area contributed by atoms with E-state index in [-0.39, 0.29) is 0 Å². The van der Waals surface area contributed by atoms with E-state index in [2.05, 4.69) is 22.5 Å². The summed E-state index contributed by atoms with van der Waals surface area (Å²) in [6, 6.07) is 11.8. The average molecular weight is 257 g/mol. The van der Waals surface area contributed by atoms with Crippen LogP contribution in [0.5, 0.6) is 5.75 Å². The number of ether oxygens (including phenoxy) is 1. The summed E-state index contributed by atoms with van der Waals surface area (Å²) < 4.78 is 5.55. The van der Waals surface area contributed by atoms with Crippen molar-refractivity contribution in [3.05, 3.63) is 42.6 Å². The summed E-state index contributed by atoms with van der Waals surface area (Å²) in [5, 5.41) is 6.34. The van der Waals surface area contributed by atoms with Crippen molar-refractivity contribution in [1.29, 1.82) is 0 Å². The van der Waals surface area contributed by atoms with Gasteiger partial charge in [-0.1, -0.05) is 6.92 Å². The van der Waals surface area contributed by atoms with Crippen LogP contribution in [0, 0.1) is 0 Å². The van der Waals surface area contributed by atoms with Crippen molar-refractivity contribution in [3.8, 4) is 5.75 Å². The predicted molar refractivity (Wildman–Crippen MR) is 79.3 cm³/mol. The number of benzene rings is 1. The second-order valence-corrected chi connectivity index (χ2v) is 4.18. The molecule has 19 heavy (non-hydrogen) atoms. The van der Waals surface area contributed by atoms with Crippen molar-refractivity contribution < 1.29 is 4.74 Å². The van der Waals surface area contributed by atoms with Gasteiger partial charge < -0.3 is 15.4 Å². The summed E-state index contributed by atoms with van der Waals surface area (Å²) in [4.78, 5) is 4.18. The molecule has 2 aromatic rings. The van der Waals surface area contributed by atoms with Crippen LogP contribution >= 0.6 is 0 Å². The first-order chi connectivity index (χ1) is 9.31. The molecule has 100 valence electrons. The van der Waals surface area contributed by atoms with Crippen LogP contribution in [0.15, 0.2) is 42.6 Å². The lowest BCUT2D eigenvalue weighted by Gasteiger charge is -2.09. The van der Waals surface area contributed by atoms with Gasteiger partial charge in [0.1, 0.15) is 11.6 Å². The second kappa shape index (κ2) is 6.64. The van der Waals surface area contributed by atoms with Crippen molar-refractivity contribution in [2.24, 2.45) is 0 Å². The molecule has 2 N–H and O–H groups in total. The molecule has 0 aliphatic rings. The molecule has 1 heterocycles. The number of aromatic nitrogens is 1. The zero-order valence-corrected chi connectivity index (χ0v) is 11.3. The smallest absolute Gasteiger partial charge is 0.127 e. The molecule has 1 aromatic carbocycles. The molecule has 0 saturated heterocycles. The van der Waals surface area contributed by atoms with E-state index in [9.17, 15) is 0 Å². The zero-order chi connectivity index (χ0) is 13.5. The van der Waals surface area contributed by atoms with Gasteiger partial charge in [-0.15, -0.1) is 0 Å². The van der Waals surface area contributed by atoms with Crippen LogP contribution in [-0.4, -0.2) is 18.6 Å². The van der Waals surface area contributed by atoms with Gasteiger partial charge in [-0.3, -0.25) is 0 Å². The molecule has 0 aliphatic heterocycles. The van der Waals surface area contributed by atoms with E-state index in [1.54, 1.807) is 6.20 Å². The first kappa shape index (κ1) is 13.2. The number of pyridine rings is 1. The average Bonchev–Trinajstić information content (AvgIpc) is 2.47. The van der Waals surface area contributed by atoms with Crippen molar-refractivity contribution >= 4 is 17.2 Å². The fourth-order valence-corrected chi connectivity index (χ4v) is 1.67. The molecular weight excluding hydrogens is 238 g/mol. The number of anilines is 3. The quantitative estimate of drug-likeness (QED) is 0.829. The molecule has 4 heteroatoms. The van der Waals surface area contributed by atoms with E-state index in [1.807, 2.05) is 43.4 Å².